The van der Waals surface area contributed by atoms with Crippen LogP contribution in [0.2, 0.25) is 5.02 Å². The average Bonchev–Trinajstić information content (AvgIpc) is 2.78. The van der Waals surface area contributed by atoms with E-state index in [9.17, 15) is 5.11 Å². The first-order chi connectivity index (χ1) is 15.4. The topological polar surface area (TPSA) is 41.9 Å². The van der Waals surface area contributed by atoms with E-state index in [1.54, 1.807) is 0 Å². The average molecular weight is 452 g/mol. The second-order valence-electron chi connectivity index (χ2n) is 8.70. The van der Waals surface area contributed by atoms with Crippen molar-refractivity contribution in [1.29, 1.82) is 0 Å². The summed E-state index contributed by atoms with van der Waals surface area (Å²) in [6.07, 6.45) is 1.35. The van der Waals surface area contributed by atoms with Gasteiger partial charge in [-0.1, -0.05) is 41.9 Å². The Bertz CT molecular complexity index is 1060. The van der Waals surface area contributed by atoms with Gasteiger partial charge < -0.3 is 14.6 Å². The number of likely N-dealkylation sites (tertiary alicyclic amines) is 1. The molecule has 3 aromatic carbocycles. The summed E-state index contributed by atoms with van der Waals surface area (Å²) in [5.41, 5.74) is 2.75. The summed E-state index contributed by atoms with van der Waals surface area (Å²) in [4.78, 5) is 2.35. The molecule has 3 aromatic rings. The number of nitrogens with zero attached hydrogens (tertiary/aromatic N) is 1. The molecule has 0 unspecified atom stereocenters. The molecule has 32 heavy (non-hydrogen) atoms. The summed E-state index contributed by atoms with van der Waals surface area (Å²) in [6, 6.07) is 21.6. The van der Waals surface area contributed by atoms with Gasteiger partial charge in [0.15, 0.2) is 0 Å². The number of halogens is 1. The molecule has 168 valence electrons. The molecule has 0 amide bonds. The van der Waals surface area contributed by atoms with Gasteiger partial charge in [0.1, 0.15) is 29.5 Å². The van der Waals surface area contributed by atoms with Crippen LogP contribution in [-0.4, -0.2) is 35.3 Å². The standard InChI is InChI=1S/C27H30ClNO3/c1-20-10-11-24(16-21(20)2)31-19-27(30)12-14-29(15-13-27)18-22-6-3-4-9-26(22)32-25-8-5-7-23(28)17-25/h3-11,16-17,30H,12-15,18-19H2,1-2H3. The lowest BCUT2D eigenvalue weighted by atomic mass is 9.92. The summed E-state index contributed by atoms with van der Waals surface area (Å²) >= 11 is 6.09. The van der Waals surface area contributed by atoms with E-state index >= 15 is 0 Å². The quantitative estimate of drug-likeness (QED) is 0.467. The van der Waals surface area contributed by atoms with Crippen LogP contribution in [0.15, 0.2) is 66.7 Å². The Morgan fingerprint density at radius 3 is 2.44 bits per heavy atom. The number of aliphatic hydroxyl groups is 1. The molecule has 0 bridgehead atoms. The first-order valence-electron chi connectivity index (χ1n) is 11.1. The van der Waals surface area contributed by atoms with Crippen molar-refractivity contribution in [2.75, 3.05) is 19.7 Å². The zero-order chi connectivity index (χ0) is 22.6. The lowest BCUT2D eigenvalue weighted by molar-refractivity contribution is -0.0537. The predicted molar refractivity (Wildman–Crippen MR) is 129 cm³/mol. The van der Waals surface area contributed by atoms with Gasteiger partial charge in [-0.05, 0) is 74.2 Å². The molecule has 0 atom stereocenters. The van der Waals surface area contributed by atoms with E-state index < -0.39 is 5.60 Å². The van der Waals surface area contributed by atoms with Gasteiger partial charge in [0, 0.05) is 30.2 Å². The molecule has 1 saturated heterocycles. The summed E-state index contributed by atoms with van der Waals surface area (Å²) in [7, 11) is 0. The Labute approximate surface area is 195 Å². The summed E-state index contributed by atoms with van der Waals surface area (Å²) in [5, 5.41) is 11.7. The van der Waals surface area contributed by atoms with Crippen LogP contribution in [0, 0.1) is 13.8 Å². The minimum Gasteiger partial charge on any atom is -0.491 e. The second-order valence-corrected chi connectivity index (χ2v) is 9.14. The molecule has 5 heteroatoms. The molecule has 1 aliphatic rings. The fraction of sp³-hybridized carbons (Fsp3) is 0.333. The molecule has 0 spiro atoms. The molecule has 0 aromatic heterocycles. The Hall–Kier alpha value is -2.53. The maximum absolute atomic E-state index is 11.0. The molecule has 1 aliphatic heterocycles. The molecule has 1 fully saturated rings. The fourth-order valence-electron chi connectivity index (χ4n) is 3.93. The van der Waals surface area contributed by atoms with Crippen molar-refractivity contribution in [1.82, 2.24) is 4.90 Å². The third-order valence-electron chi connectivity index (χ3n) is 6.16. The highest BCUT2D eigenvalue weighted by atomic mass is 35.5. The van der Waals surface area contributed by atoms with E-state index in [0.717, 1.165) is 42.4 Å². The molecular weight excluding hydrogens is 422 g/mol. The monoisotopic (exact) mass is 451 g/mol. The van der Waals surface area contributed by atoms with E-state index in [1.165, 1.54) is 11.1 Å². The summed E-state index contributed by atoms with van der Waals surface area (Å²) in [5.74, 6) is 2.37. The van der Waals surface area contributed by atoms with Gasteiger partial charge in [0.05, 0.1) is 0 Å². The fourth-order valence-corrected chi connectivity index (χ4v) is 4.11. The van der Waals surface area contributed by atoms with Crippen molar-refractivity contribution in [2.24, 2.45) is 0 Å². The molecule has 0 aliphatic carbocycles. The normalized spacial score (nSPS) is 16.0. The molecule has 1 heterocycles. The minimum atomic E-state index is -0.800. The molecule has 1 N–H and O–H groups in total. The number of para-hydroxylation sites is 1. The lowest BCUT2D eigenvalue weighted by Gasteiger charge is -2.38. The van der Waals surface area contributed by atoms with Gasteiger partial charge in [-0.15, -0.1) is 0 Å². The third kappa shape index (κ3) is 5.83. The highest BCUT2D eigenvalue weighted by molar-refractivity contribution is 6.30. The lowest BCUT2D eigenvalue weighted by Crippen LogP contribution is -2.47. The van der Waals surface area contributed by atoms with Crippen molar-refractivity contribution in [3.05, 3.63) is 88.4 Å². The van der Waals surface area contributed by atoms with Crippen LogP contribution >= 0.6 is 11.6 Å². The largest absolute Gasteiger partial charge is 0.491 e. The van der Waals surface area contributed by atoms with E-state index in [1.807, 2.05) is 54.6 Å². The number of rotatable bonds is 7. The Morgan fingerprint density at radius 1 is 0.906 bits per heavy atom. The van der Waals surface area contributed by atoms with Crippen LogP contribution in [0.3, 0.4) is 0 Å². The number of aryl methyl sites for hydroxylation is 2. The Balaban J connectivity index is 1.33. The highest BCUT2D eigenvalue weighted by Crippen LogP contribution is 2.30. The molecule has 0 saturated carbocycles. The minimum absolute atomic E-state index is 0.317. The smallest absolute Gasteiger partial charge is 0.131 e. The molecule has 4 rings (SSSR count). The van der Waals surface area contributed by atoms with Crippen molar-refractivity contribution in [2.45, 2.75) is 38.8 Å². The number of hydrogen-bond donors (Lipinski definition) is 1. The number of benzene rings is 3. The van der Waals surface area contributed by atoms with Crippen LogP contribution in [-0.2, 0) is 6.54 Å². The zero-order valence-electron chi connectivity index (χ0n) is 18.7. The van der Waals surface area contributed by atoms with Gasteiger partial charge in [0.2, 0.25) is 0 Å². The summed E-state index contributed by atoms with van der Waals surface area (Å²) in [6.45, 7) is 6.85. The molecule has 0 radical (unpaired) electrons. The van der Waals surface area contributed by atoms with Crippen molar-refractivity contribution >= 4 is 11.6 Å². The van der Waals surface area contributed by atoms with Crippen molar-refractivity contribution < 1.29 is 14.6 Å². The van der Waals surface area contributed by atoms with Gasteiger partial charge in [-0.3, -0.25) is 4.90 Å². The predicted octanol–water partition coefficient (Wildman–Crippen LogP) is 6.16. The first kappa shape index (κ1) is 22.7. The Morgan fingerprint density at radius 2 is 1.69 bits per heavy atom. The number of hydrogen-bond acceptors (Lipinski definition) is 4. The van der Waals surface area contributed by atoms with E-state index in [-0.39, 0.29) is 0 Å². The van der Waals surface area contributed by atoms with Crippen LogP contribution in [0.1, 0.15) is 29.5 Å². The maximum atomic E-state index is 11.0. The van der Waals surface area contributed by atoms with Crippen molar-refractivity contribution in [3.8, 4) is 17.2 Å². The number of ether oxygens (including phenoxy) is 2. The van der Waals surface area contributed by atoms with Crippen molar-refractivity contribution in [3.63, 3.8) is 0 Å². The van der Waals surface area contributed by atoms with Crippen LogP contribution < -0.4 is 9.47 Å². The van der Waals surface area contributed by atoms with E-state index in [0.29, 0.717) is 24.5 Å². The van der Waals surface area contributed by atoms with Crippen LogP contribution in [0.4, 0.5) is 0 Å². The van der Waals surface area contributed by atoms with E-state index in [4.69, 9.17) is 21.1 Å². The third-order valence-corrected chi connectivity index (χ3v) is 6.40. The van der Waals surface area contributed by atoms with Gasteiger partial charge in [0.25, 0.3) is 0 Å². The van der Waals surface area contributed by atoms with Gasteiger partial charge in [-0.2, -0.15) is 0 Å². The highest BCUT2D eigenvalue weighted by Gasteiger charge is 2.33. The molecular formula is C27H30ClNO3. The van der Waals surface area contributed by atoms with Gasteiger partial charge in [-0.25, -0.2) is 0 Å². The molecule has 4 nitrogen and oxygen atoms in total. The second kappa shape index (κ2) is 9.95. The van der Waals surface area contributed by atoms with E-state index in [2.05, 4.69) is 30.9 Å². The zero-order valence-corrected chi connectivity index (χ0v) is 19.4. The van der Waals surface area contributed by atoms with Gasteiger partial charge >= 0.3 is 0 Å². The van der Waals surface area contributed by atoms with Crippen LogP contribution in [0.5, 0.6) is 17.2 Å². The first-order valence-corrected chi connectivity index (χ1v) is 11.4. The number of piperidine rings is 1. The van der Waals surface area contributed by atoms with Crippen LogP contribution in [0.25, 0.3) is 0 Å². The SMILES string of the molecule is Cc1ccc(OCC2(O)CCN(Cc3ccccc3Oc3cccc(Cl)c3)CC2)cc1C. The maximum Gasteiger partial charge on any atom is 0.131 e. The summed E-state index contributed by atoms with van der Waals surface area (Å²) < 4.78 is 12.0. The Kier molecular flexibility index (Phi) is 7.04.